The molecule has 0 unspecified atom stereocenters. The summed E-state index contributed by atoms with van der Waals surface area (Å²) < 4.78 is 0.743. The zero-order chi connectivity index (χ0) is 12.3. The van der Waals surface area contributed by atoms with Crippen LogP contribution >= 0.6 is 15.9 Å². The van der Waals surface area contributed by atoms with Crippen molar-refractivity contribution in [3.8, 4) is 0 Å². The monoisotopic (exact) mass is 292 g/mol. The van der Waals surface area contributed by atoms with Crippen LogP contribution in [-0.2, 0) is 0 Å². The van der Waals surface area contributed by atoms with Crippen LogP contribution < -0.4 is 11.1 Å². The second-order valence-electron chi connectivity index (χ2n) is 3.31. The van der Waals surface area contributed by atoms with Gasteiger partial charge in [0.1, 0.15) is 0 Å². The molecular weight excluding hydrogens is 284 g/mol. The van der Waals surface area contributed by atoms with Crippen LogP contribution in [0.2, 0.25) is 0 Å². The van der Waals surface area contributed by atoms with E-state index in [4.69, 9.17) is 5.73 Å². The molecule has 6 heteroatoms. The number of nitrogen functional groups attached to an aromatic ring is 1. The van der Waals surface area contributed by atoms with E-state index in [-0.39, 0.29) is 5.91 Å². The van der Waals surface area contributed by atoms with Crippen LogP contribution in [0, 0.1) is 0 Å². The van der Waals surface area contributed by atoms with Crippen LogP contribution in [-0.4, -0.2) is 15.9 Å². The third-order valence-electron chi connectivity index (χ3n) is 2.07. The zero-order valence-corrected chi connectivity index (χ0v) is 10.3. The van der Waals surface area contributed by atoms with E-state index in [9.17, 15) is 4.79 Å². The highest BCUT2D eigenvalue weighted by Gasteiger charge is 2.08. The summed E-state index contributed by atoms with van der Waals surface area (Å²) in [7, 11) is 0. The molecule has 86 valence electrons. The standard InChI is InChI=1S/C11H9BrN4O/c12-8-3-7(4-15-5-8)11(17)16-10-1-2-14-6-9(10)13/h1-6H,13H2,(H,14,16,17). The van der Waals surface area contributed by atoms with Crippen molar-refractivity contribution < 1.29 is 4.79 Å². The molecule has 0 saturated heterocycles. The third kappa shape index (κ3) is 2.79. The van der Waals surface area contributed by atoms with Gasteiger partial charge in [0, 0.05) is 23.1 Å². The molecule has 0 aliphatic carbocycles. The Bertz CT molecular complexity index is 559. The van der Waals surface area contributed by atoms with Crippen molar-refractivity contribution in [1.82, 2.24) is 9.97 Å². The minimum atomic E-state index is -0.267. The number of nitrogens with one attached hydrogen (secondary N) is 1. The average Bonchev–Trinajstić information content (AvgIpc) is 2.32. The Hall–Kier alpha value is -1.95. The molecule has 3 N–H and O–H groups in total. The average molecular weight is 293 g/mol. The molecule has 2 heterocycles. The number of pyridine rings is 2. The first-order valence-electron chi connectivity index (χ1n) is 4.78. The fourth-order valence-corrected chi connectivity index (χ4v) is 1.62. The molecule has 0 bridgehead atoms. The van der Waals surface area contributed by atoms with E-state index in [1.807, 2.05) is 0 Å². The van der Waals surface area contributed by atoms with Crippen molar-refractivity contribution in [1.29, 1.82) is 0 Å². The van der Waals surface area contributed by atoms with E-state index in [1.54, 1.807) is 24.5 Å². The lowest BCUT2D eigenvalue weighted by atomic mass is 10.2. The number of hydrogen-bond donors (Lipinski definition) is 2. The molecule has 0 saturated carbocycles. The molecule has 1 amide bonds. The van der Waals surface area contributed by atoms with Gasteiger partial charge >= 0.3 is 0 Å². The number of carbonyl (C=O) groups is 1. The summed E-state index contributed by atoms with van der Waals surface area (Å²) in [6.07, 6.45) is 6.13. The largest absolute Gasteiger partial charge is 0.396 e. The van der Waals surface area contributed by atoms with Gasteiger partial charge in [-0.25, -0.2) is 0 Å². The molecule has 0 fully saturated rings. The summed E-state index contributed by atoms with van der Waals surface area (Å²) in [5, 5.41) is 2.69. The van der Waals surface area contributed by atoms with E-state index >= 15 is 0 Å². The summed E-state index contributed by atoms with van der Waals surface area (Å²) in [5.41, 5.74) is 7.08. The van der Waals surface area contributed by atoms with Crippen molar-refractivity contribution in [2.45, 2.75) is 0 Å². The maximum atomic E-state index is 11.9. The van der Waals surface area contributed by atoms with Crippen LogP contribution in [0.15, 0.2) is 41.4 Å². The predicted molar refractivity (Wildman–Crippen MR) is 68.5 cm³/mol. The van der Waals surface area contributed by atoms with Crippen LogP contribution in [0.1, 0.15) is 10.4 Å². The molecule has 0 atom stereocenters. The minimum Gasteiger partial charge on any atom is -0.396 e. The van der Waals surface area contributed by atoms with Gasteiger partial charge < -0.3 is 11.1 Å². The van der Waals surface area contributed by atoms with Gasteiger partial charge in [-0.15, -0.1) is 0 Å². The zero-order valence-electron chi connectivity index (χ0n) is 8.72. The minimum absolute atomic E-state index is 0.267. The summed E-state index contributed by atoms with van der Waals surface area (Å²) in [6.45, 7) is 0. The second kappa shape index (κ2) is 4.92. The lowest BCUT2D eigenvalue weighted by molar-refractivity contribution is 0.102. The number of aromatic nitrogens is 2. The van der Waals surface area contributed by atoms with Gasteiger partial charge in [-0.3, -0.25) is 14.8 Å². The van der Waals surface area contributed by atoms with Gasteiger partial charge in [0.2, 0.25) is 0 Å². The molecule has 0 spiro atoms. The van der Waals surface area contributed by atoms with Gasteiger partial charge in [0.15, 0.2) is 0 Å². The quantitative estimate of drug-likeness (QED) is 0.888. The Kier molecular flexibility index (Phi) is 3.34. The van der Waals surface area contributed by atoms with E-state index in [1.165, 1.54) is 12.4 Å². The smallest absolute Gasteiger partial charge is 0.257 e. The van der Waals surface area contributed by atoms with Crippen LogP contribution in [0.5, 0.6) is 0 Å². The number of hydrogen-bond acceptors (Lipinski definition) is 4. The first-order chi connectivity index (χ1) is 8.16. The summed E-state index contributed by atoms with van der Waals surface area (Å²) in [6, 6.07) is 3.32. The maximum absolute atomic E-state index is 11.9. The van der Waals surface area contributed by atoms with Gasteiger partial charge in [0.25, 0.3) is 5.91 Å². The summed E-state index contributed by atoms with van der Waals surface area (Å²) in [5.74, 6) is -0.267. The highest BCUT2D eigenvalue weighted by atomic mass is 79.9. The van der Waals surface area contributed by atoms with Crippen LogP contribution in [0.25, 0.3) is 0 Å². The van der Waals surface area contributed by atoms with Crippen molar-refractivity contribution >= 4 is 33.2 Å². The normalized spacial score (nSPS) is 9.94. The number of halogens is 1. The lowest BCUT2D eigenvalue weighted by Crippen LogP contribution is -2.13. The Morgan fingerprint density at radius 1 is 1.29 bits per heavy atom. The van der Waals surface area contributed by atoms with Crippen molar-refractivity contribution in [2.75, 3.05) is 11.1 Å². The van der Waals surface area contributed by atoms with Crippen LogP contribution in [0.4, 0.5) is 11.4 Å². The fraction of sp³-hybridized carbons (Fsp3) is 0. The number of nitrogens with two attached hydrogens (primary N) is 1. The highest BCUT2D eigenvalue weighted by molar-refractivity contribution is 9.10. The molecule has 5 nitrogen and oxygen atoms in total. The maximum Gasteiger partial charge on any atom is 0.257 e. The number of anilines is 2. The molecule has 2 aromatic heterocycles. The first-order valence-corrected chi connectivity index (χ1v) is 5.57. The summed E-state index contributed by atoms with van der Waals surface area (Å²) in [4.78, 5) is 19.6. The SMILES string of the molecule is Nc1cnccc1NC(=O)c1cncc(Br)c1. The topological polar surface area (TPSA) is 80.9 Å². The van der Waals surface area contributed by atoms with Gasteiger partial charge in [-0.05, 0) is 28.1 Å². The first kappa shape index (κ1) is 11.5. The van der Waals surface area contributed by atoms with Crippen molar-refractivity contribution in [3.05, 3.63) is 47.0 Å². The Balaban J connectivity index is 2.20. The number of nitrogens with zero attached hydrogens (tertiary/aromatic N) is 2. The number of amides is 1. The van der Waals surface area contributed by atoms with Gasteiger partial charge in [-0.1, -0.05) is 0 Å². The Morgan fingerprint density at radius 3 is 2.82 bits per heavy atom. The highest BCUT2D eigenvalue weighted by Crippen LogP contribution is 2.17. The third-order valence-corrected chi connectivity index (χ3v) is 2.50. The number of carbonyl (C=O) groups excluding carboxylic acids is 1. The molecule has 2 rings (SSSR count). The van der Waals surface area contributed by atoms with Crippen LogP contribution in [0.3, 0.4) is 0 Å². The molecule has 0 radical (unpaired) electrons. The molecule has 0 aliphatic rings. The van der Waals surface area contributed by atoms with E-state index in [2.05, 4.69) is 31.2 Å². The Labute approximate surface area is 106 Å². The second-order valence-corrected chi connectivity index (χ2v) is 4.22. The van der Waals surface area contributed by atoms with E-state index < -0.39 is 0 Å². The predicted octanol–water partition coefficient (Wildman–Crippen LogP) is 2.07. The molecular formula is C11H9BrN4O. The van der Waals surface area contributed by atoms with E-state index in [0.717, 1.165) is 4.47 Å². The molecule has 0 aromatic carbocycles. The van der Waals surface area contributed by atoms with Crippen molar-refractivity contribution in [2.24, 2.45) is 0 Å². The van der Waals surface area contributed by atoms with Gasteiger partial charge in [-0.2, -0.15) is 0 Å². The fourth-order valence-electron chi connectivity index (χ4n) is 1.25. The Morgan fingerprint density at radius 2 is 2.12 bits per heavy atom. The van der Waals surface area contributed by atoms with Gasteiger partial charge in [0.05, 0.1) is 23.1 Å². The molecule has 17 heavy (non-hydrogen) atoms. The number of rotatable bonds is 2. The summed E-state index contributed by atoms with van der Waals surface area (Å²) >= 11 is 3.25. The molecule has 0 aliphatic heterocycles. The molecule has 2 aromatic rings. The van der Waals surface area contributed by atoms with E-state index in [0.29, 0.717) is 16.9 Å². The lowest BCUT2D eigenvalue weighted by Gasteiger charge is -2.07. The van der Waals surface area contributed by atoms with Crippen molar-refractivity contribution in [3.63, 3.8) is 0 Å².